The van der Waals surface area contributed by atoms with Gasteiger partial charge in [-0.3, -0.25) is 0 Å². The van der Waals surface area contributed by atoms with Gasteiger partial charge in [0.1, 0.15) is 0 Å². The molecular formula is C9H20O3Si. The van der Waals surface area contributed by atoms with Crippen LogP contribution in [0.3, 0.4) is 0 Å². The van der Waals surface area contributed by atoms with Crippen molar-refractivity contribution >= 4 is 8.56 Å². The van der Waals surface area contributed by atoms with Gasteiger partial charge in [0.05, 0.1) is 13.2 Å². The molecule has 3 nitrogen and oxygen atoms in total. The molecule has 1 heterocycles. The fourth-order valence-corrected chi connectivity index (χ4v) is 3.04. The molecule has 0 saturated carbocycles. The minimum Gasteiger partial charge on any atom is -0.398 e. The Bertz CT molecular complexity index is 164. The third-order valence-corrected chi connectivity index (χ3v) is 5.83. The highest BCUT2D eigenvalue weighted by Gasteiger charge is 2.38. The number of hydrogen-bond donors (Lipinski definition) is 0. The van der Waals surface area contributed by atoms with Crippen molar-refractivity contribution in [2.24, 2.45) is 5.41 Å². The third kappa shape index (κ3) is 2.77. The average molecular weight is 204 g/mol. The Labute approximate surface area is 81.6 Å². The van der Waals surface area contributed by atoms with Gasteiger partial charge in [0.2, 0.25) is 0 Å². The molecule has 1 aliphatic heterocycles. The van der Waals surface area contributed by atoms with Gasteiger partial charge in [-0.05, 0) is 19.0 Å². The molecule has 4 heteroatoms. The molecular weight excluding hydrogens is 184 g/mol. The Morgan fingerprint density at radius 3 is 2.15 bits per heavy atom. The van der Waals surface area contributed by atoms with E-state index in [1.54, 1.807) is 14.2 Å². The molecule has 0 spiro atoms. The fraction of sp³-hybridized carbons (Fsp3) is 1.00. The van der Waals surface area contributed by atoms with Crippen molar-refractivity contribution in [3.8, 4) is 0 Å². The lowest BCUT2D eigenvalue weighted by Gasteiger charge is -2.39. The highest BCUT2D eigenvalue weighted by Crippen LogP contribution is 2.34. The molecule has 1 saturated heterocycles. The minimum absolute atomic E-state index is 0.380. The van der Waals surface area contributed by atoms with E-state index in [2.05, 4.69) is 13.5 Å². The Hall–Kier alpha value is 0.0969. The number of hydrogen-bond acceptors (Lipinski definition) is 3. The zero-order chi connectivity index (χ0) is 9.95. The molecule has 0 atom stereocenters. The van der Waals surface area contributed by atoms with Crippen LogP contribution in [0.5, 0.6) is 0 Å². The Morgan fingerprint density at radius 1 is 1.31 bits per heavy atom. The van der Waals surface area contributed by atoms with Crippen LogP contribution in [0.15, 0.2) is 0 Å². The van der Waals surface area contributed by atoms with Crippen LogP contribution in [0, 0.1) is 5.41 Å². The van der Waals surface area contributed by atoms with E-state index in [-0.39, 0.29) is 0 Å². The van der Waals surface area contributed by atoms with Crippen molar-refractivity contribution in [2.45, 2.75) is 25.9 Å². The van der Waals surface area contributed by atoms with Crippen molar-refractivity contribution in [3.63, 3.8) is 0 Å². The molecule has 0 aromatic heterocycles. The van der Waals surface area contributed by atoms with E-state index in [1.165, 1.54) is 0 Å². The van der Waals surface area contributed by atoms with E-state index in [9.17, 15) is 0 Å². The SMILES string of the molecule is CO[Si](C)(CCC1(C)COC1)OC. The summed E-state index contributed by atoms with van der Waals surface area (Å²) in [5.74, 6) is 0. The van der Waals surface area contributed by atoms with Crippen LogP contribution < -0.4 is 0 Å². The average Bonchev–Trinajstić information content (AvgIpc) is 2.11. The van der Waals surface area contributed by atoms with Crippen LogP contribution in [-0.2, 0) is 13.6 Å². The molecule has 78 valence electrons. The van der Waals surface area contributed by atoms with Crippen LogP contribution in [-0.4, -0.2) is 36.0 Å². The molecule has 13 heavy (non-hydrogen) atoms. The Kier molecular flexibility index (Phi) is 3.51. The topological polar surface area (TPSA) is 27.7 Å². The van der Waals surface area contributed by atoms with E-state index in [1.807, 2.05) is 0 Å². The summed E-state index contributed by atoms with van der Waals surface area (Å²) in [6.45, 7) is 6.16. The molecule has 0 bridgehead atoms. The summed E-state index contributed by atoms with van der Waals surface area (Å²) < 4.78 is 16.1. The van der Waals surface area contributed by atoms with Gasteiger partial charge in [0.25, 0.3) is 0 Å². The first-order chi connectivity index (χ1) is 6.04. The van der Waals surface area contributed by atoms with Gasteiger partial charge in [0.15, 0.2) is 0 Å². The first-order valence-electron chi connectivity index (χ1n) is 4.72. The molecule has 0 radical (unpaired) electrons. The molecule has 0 aromatic rings. The second-order valence-electron chi connectivity index (χ2n) is 4.35. The first-order valence-corrected chi connectivity index (χ1v) is 7.24. The smallest absolute Gasteiger partial charge is 0.334 e. The summed E-state index contributed by atoms with van der Waals surface area (Å²) in [5.41, 5.74) is 0.380. The maximum absolute atomic E-state index is 5.43. The van der Waals surface area contributed by atoms with E-state index in [0.717, 1.165) is 25.7 Å². The van der Waals surface area contributed by atoms with Crippen molar-refractivity contribution in [1.29, 1.82) is 0 Å². The molecule has 1 fully saturated rings. The first kappa shape index (κ1) is 11.2. The third-order valence-electron chi connectivity index (χ3n) is 2.95. The quantitative estimate of drug-likeness (QED) is 0.639. The zero-order valence-electron chi connectivity index (χ0n) is 9.05. The van der Waals surface area contributed by atoms with Gasteiger partial charge in [-0.1, -0.05) is 6.92 Å². The van der Waals surface area contributed by atoms with Crippen LogP contribution >= 0.6 is 0 Å². The standard InChI is InChI=1S/C9H20O3Si/c1-9(7-12-8-9)5-6-13(4,10-2)11-3/h5-8H2,1-4H3. The van der Waals surface area contributed by atoms with Crippen molar-refractivity contribution < 1.29 is 13.6 Å². The molecule has 1 aliphatic rings. The normalized spacial score (nSPS) is 21.2. The Balaban J connectivity index is 2.31. The largest absolute Gasteiger partial charge is 0.398 e. The van der Waals surface area contributed by atoms with Crippen LogP contribution in [0.25, 0.3) is 0 Å². The summed E-state index contributed by atoms with van der Waals surface area (Å²) in [6.07, 6.45) is 1.15. The summed E-state index contributed by atoms with van der Waals surface area (Å²) in [6, 6.07) is 1.06. The lowest BCUT2D eigenvalue weighted by atomic mass is 9.86. The van der Waals surface area contributed by atoms with Crippen molar-refractivity contribution in [2.75, 3.05) is 27.4 Å². The van der Waals surface area contributed by atoms with Crippen LogP contribution in [0.1, 0.15) is 13.3 Å². The molecule has 0 aromatic carbocycles. The minimum atomic E-state index is -1.85. The summed E-state index contributed by atoms with van der Waals surface area (Å²) in [5, 5.41) is 0. The van der Waals surface area contributed by atoms with Gasteiger partial charge in [0, 0.05) is 19.6 Å². The lowest BCUT2D eigenvalue weighted by molar-refractivity contribution is -0.103. The zero-order valence-corrected chi connectivity index (χ0v) is 10.1. The summed E-state index contributed by atoms with van der Waals surface area (Å²) in [7, 11) is 1.65. The van der Waals surface area contributed by atoms with E-state index >= 15 is 0 Å². The molecule has 0 N–H and O–H groups in total. The highest BCUT2D eigenvalue weighted by atomic mass is 28.4. The predicted octanol–water partition coefficient (Wildman–Crippen LogP) is 1.78. The highest BCUT2D eigenvalue weighted by molar-refractivity contribution is 6.65. The summed E-state index contributed by atoms with van der Waals surface area (Å²) in [4.78, 5) is 0. The van der Waals surface area contributed by atoms with Crippen molar-refractivity contribution in [3.05, 3.63) is 0 Å². The molecule has 1 rings (SSSR count). The van der Waals surface area contributed by atoms with E-state index in [0.29, 0.717) is 5.41 Å². The van der Waals surface area contributed by atoms with Gasteiger partial charge in [-0.2, -0.15) is 0 Å². The van der Waals surface area contributed by atoms with Gasteiger partial charge in [-0.15, -0.1) is 0 Å². The molecule has 0 aliphatic carbocycles. The molecule has 0 amide bonds. The van der Waals surface area contributed by atoms with Gasteiger partial charge in [-0.25, -0.2) is 0 Å². The van der Waals surface area contributed by atoms with Crippen LogP contribution in [0.2, 0.25) is 12.6 Å². The van der Waals surface area contributed by atoms with Gasteiger partial charge < -0.3 is 13.6 Å². The number of rotatable bonds is 5. The lowest BCUT2D eigenvalue weighted by Crippen LogP contribution is -2.43. The maximum atomic E-state index is 5.43. The van der Waals surface area contributed by atoms with Gasteiger partial charge >= 0.3 is 8.56 Å². The van der Waals surface area contributed by atoms with Crippen molar-refractivity contribution in [1.82, 2.24) is 0 Å². The van der Waals surface area contributed by atoms with E-state index in [4.69, 9.17) is 13.6 Å². The maximum Gasteiger partial charge on any atom is 0.334 e. The second-order valence-corrected chi connectivity index (χ2v) is 7.93. The monoisotopic (exact) mass is 204 g/mol. The predicted molar refractivity (Wildman–Crippen MR) is 54.0 cm³/mol. The fourth-order valence-electron chi connectivity index (χ4n) is 1.41. The second kappa shape index (κ2) is 4.08. The van der Waals surface area contributed by atoms with Crippen LogP contribution in [0.4, 0.5) is 0 Å². The molecule has 0 unspecified atom stereocenters. The number of ether oxygens (including phenoxy) is 1. The summed E-state index contributed by atoms with van der Waals surface area (Å²) >= 11 is 0. The Morgan fingerprint density at radius 2 is 1.85 bits per heavy atom. The van der Waals surface area contributed by atoms with E-state index < -0.39 is 8.56 Å².